The minimum absolute atomic E-state index is 0.214. The first kappa shape index (κ1) is 14.7. The molecule has 16 heavy (non-hydrogen) atoms. The number of hydrogen-bond donors (Lipinski definition) is 1. The molecule has 92 valence electrons. The Hall–Kier alpha value is -1.33. The molecule has 6 nitrogen and oxygen atoms in total. The van der Waals surface area contributed by atoms with Gasteiger partial charge < -0.3 is 10.5 Å². The fourth-order valence-corrected chi connectivity index (χ4v) is 0.949. The molecule has 7 heteroatoms. The molecule has 0 aromatic carbocycles. The van der Waals surface area contributed by atoms with Gasteiger partial charge in [-0.05, 0) is 26.3 Å². The average molecular weight is 232 g/mol. The lowest BCUT2D eigenvalue weighted by molar-refractivity contribution is -0.157. The van der Waals surface area contributed by atoms with E-state index in [0.29, 0.717) is 0 Å². The molecule has 0 fully saturated rings. The number of nitrogens with two attached hydrogens (primary N) is 1. The predicted octanol–water partition coefficient (Wildman–Crippen LogP) is 1.69. The van der Waals surface area contributed by atoms with Gasteiger partial charge in [0.1, 0.15) is 17.8 Å². The van der Waals surface area contributed by atoms with Crippen LogP contribution in [0.15, 0.2) is 5.11 Å². The Balaban J connectivity index is 4.09. The standard InChI is InChI=1S/C9H17FN4O2/c1-9(2,3)16-8(15)7(11)4-6(10)5-13-14-12/h6-7H,4-5,11H2,1-3H3/t6-,7+/m1/s1. The SMILES string of the molecule is CC(C)(C)OC(=O)[C@@H](N)C[C@@H](F)CN=[N+]=[N-]. The summed E-state index contributed by atoms with van der Waals surface area (Å²) in [6.07, 6.45) is -1.65. The molecule has 0 radical (unpaired) electrons. The predicted molar refractivity (Wildman–Crippen MR) is 57.3 cm³/mol. The van der Waals surface area contributed by atoms with Crippen molar-refractivity contribution in [2.24, 2.45) is 10.8 Å². The van der Waals surface area contributed by atoms with Gasteiger partial charge in [-0.2, -0.15) is 0 Å². The van der Waals surface area contributed by atoms with Crippen LogP contribution >= 0.6 is 0 Å². The second-order valence-corrected chi connectivity index (χ2v) is 4.39. The van der Waals surface area contributed by atoms with E-state index in [-0.39, 0.29) is 13.0 Å². The number of carbonyl (C=O) groups excluding carboxylic acids is 1. The van der Waals surface area contributed by atoms with Crippen molar-refractivity contribution in [1.82, 2.24) is 0 Å². The fourth-order valence-electron chi connectivity index (χ4n) is 0.949. The van der Waals surface area contributed by atoms with Crippen LogP contribution in [-0.2, 0) is 9.53 Å². The van der Waals surface area contributed by atoms with E-state index in [4.69, 9.17) is 16.0 Å². The summed E-state index contributed by atoms with van der Waals surface area (Å²) in [5, 5.41) is 3.06. The van der Waals surface area contributed by atoms with E-state index in [1.165, 1.54) is 0 Å². The van der Waals surface area contributed by atoms with E-state index in [0.717, 1.165) is 0 Å². The first-order chi connectivity index (χ1) is 7.26. The Morgan fingerprint density at radius 2 is 2.19 bits per heavy atom. The van der Waals surface area contributed by atoms with Crippen LogP contribution < -0.4 is 5.73 Å². The first-order valence-corrected chi connectivity index (χ1v) is 4.89. The number of ether oxygens (including phenoxy) is 1. The highest BCUT2D eigenvalue weighted by molar-refractivity contribution is 5.75. The van der Waals surface area contributed by atoms with Crippen molar-refractivity contribution in [3.8, 4) is 0 Å². The fraction of sp³-hybridized carbons (Fsp3) is 0.889. The van der Waals surface area contributed by atoms with Gasteiger partial charge in [0, 0.05) is 11.3 Å². The number of hydrogen-bond acceptors (Lipinski definition) is 4. The van der Waals surface area contributed by atoms with Crippen LogP contribution in [0, 0.1) is 0 Å². The number of alkyl halides is 1. The summed E-state index contributed by atoms with van der Waals surface area (Å²) >= 11 is 0. The topological polar surface area (TPSA) is 101 Å². The van der Waals surface area contributed by atoms with Gasteiger partial charge in [-0.25, -0.2) is 4.39 Å². The zero-order valence-electron chi connectivity index (χ0n) is 9.68. The summed E-state index contributed by atoms with van der Waals surface area (Å²) in [5.41, 5.74) is 12.8. The lowest BCUT2D eigenvalue weighted by Gasteiger charge is -2.22. The second kappa shape index (κ2) is 6.30. The average Bonchev–Trinajstić information content (AvgIpc) is 2.11. The number of rotatable bonds is 5. The van der Waals surface area contributed by atoms with Crippen LogP contribution in [0.5, 0.6) is 0 Å². The Kier molecular flexibility index (Phi) is 5.77. The van der Waals surface area contributed by atoms with Crippen molar-refractivity contribution in [2.75, 3.05) is 6.54 Å². The third kappa shape index (κ3) is 7.03. The van der Waals surface area contributed by atoms with E-state index in [1.54, 1.807) is 20.8 Å². The molecule has 0 saturated heterocycles. The molecular formula is C9H17FN4O2. The zero-order chi connectivity index (χ0) is 12.8. The lowest BCUT2D eigenvalue weighted by atomic mass is 10.1. The largest absolute Gasteiger partial charge is 0.459 e. The van der Waals surface area contributed by atoms with Crippen LogP contribution in [0.2, 0.25) is 0 Å². The maximum atomic E-state index is 13.1. The lowest BCUT2D eigenvalue weighted by Crippen LogP contribution is -2.39. The number of azide groups is 1. The van der Waals surface area contributed by atoms with Crippen molar-refractivity contribution in [2.45, 2.75) is 45.0 Å². The highest BCUT2D eigenvalue weighted by Gasteiger charge is 2.24. The summed E-state index contributed by atoms with van der Waals surface area (Å²) in [6, 6.07) is -1.04. The van der Waals surface area contributed by atoms with Gasteiger partial charge in [0.25, 0.3) is 0 Å². The molecule has 0 saturated carbocycles. The van der Waals surface area contributed by atoms with Crippen LogP contribution in [0.3, 0.4) is 0 Å². The molecule has 0 aromatic heterocycles. The monoisotopic (exact) mass is 232 g/mol. The summed E-state index contributed by atoms with van der Waals surface area (Å²) < 4.78 is 18.1. The van der Waals surface area contributed by atoms with Gasteiger partial charge >= 0.3 is 5.97 Å². The Bertz CT molecular complexity index is 284. The van der Waals surface area contributed by atoms with Gasteiger partial charge in [0.15, 0.2) is 0 Å². The molecule has 0 unspecified atom stereocenters. The molecule has 0 amide bonds. The summed E-state index contributed by atoms with van der Waals surface area (Å²) in [4.78, 5) is 13.8. The third-order valence-corrected chi connectivity index (χ3v) is 1.56. The van der Waals surface area contributed by atoms with E-state index in [2.05, 4.69) is 10.0 Å². The Morgan fingerprint density at radius 1 is 1.62 bits per heavy atom. The van der Waals surface area contributed by atoms with Crippen molar-refractivity contribution in [3.05, 3.63) is 10.4 Å². The summed E-state index contributed by atoms with van der Waals surface area (Å²) in [6.45, 7) is 4.77. The van der Waals surface area contributed by atoms with E-state index >= 15 is 0 Å². The maximum Gasteiger partial charge on any atom is 0.323 e. The van der Waals surface area contributed by atoms with Crippen molar-refractivity contribution in [3.63, 3.8) is 0 Å². The molecule has 2 N–H and O–H groups in total. The number of esters is 1. The van der Waals surface area contributed by atoms with Gasteiger partial charge in [-0.15, -0.1) is 0 Å². The molecule has 0 rings (SSSR count). The van der Waals surface area contributed by atoms with Crippen LogP contribution in [0.25, 0.3) is 10.4 Å². The molecule has 0 aliphatic carbocycles. The first-order valence-electron chi connectivity index (χ1n) is 4.89. The molecule has 0 aliphatic heterocycles. The molecule has 0 heterocycles. The van der Waals surface area contributed by atoms with Crippen molar-refractivity contribution < 1.29 is 13.9 Å². The second-order valence-electron chi connectivity index (χ2n) is 4.39. The molecular weight excluding hydrogens is 215 g/mol. The van der Waals surface area contributed by atoms with Gasteiger partial charge in [0.2, 0.25) is 0 Å². The Labute approximate surface area is 93.6 Å². The molecule has 0 spiro atoms. The number of carbonyl (C=O) groups is 1. The van der Waals surface area contributed by atoms with Gasteiger partial charge in [-0.3, -0.25) is 4.79 Å². The normalized spacial score (nSPS) is 14.8. The highest BCUT2D eigenvalue weighted by Crippen LogP contribution is 2.10. The van der Waals surface area contributed by atoms with E-state index < -0.39 is 23.8 Å². The smallest absolute Gasteiger partial charge is 0.323 e. The van der Waals surface area contributed by atoms with E-state index in [9.17, 15) is 9.18 Å². The molecule has 2 atom stereocenters. The maximum absolute atomic E-state index is 13.1. The molecule has 0 aliphatic rings. The quantitative estimate of drug-likeness (QED) is 0.337. The van der Waals surface area contributed by atoms with Crippen LogP contribution in [0.1, 0.15) is 27.2 Å². The third-order valence-electron chi connectivity index (χ3n) is 1.56. The molecule has 0 aromatic rings. The Morgan fingerprint density at radius 3 is 2.62 bits per heavy atom. The van der Waals surface area contributed by atoms with Crippen LogP contribution in [-0.4, -0.2) is 30.3 Å². The zero-order valence-corrected chi connectivity index (χ0v) is 9.68. The van der Waals surface area contributed by atoms with Gasteiger partial charge in [-0.1, -0.05) is 5.11 Å². The molecule has 0 bridgehead atoms. The minimum atomic E-state index is -1.43. The summed E-state index contributed by atoms with van der Waals surface area (Å²) in [7, 11) is 0. The van der Waals surface area contributed by atoms with E-state index in [1.807, 2.05) is 0 Å². The number of nitrogens with zero attached hydrogens (tertiary/aromatic N) is 3. The van der Waals surface area contributed by atoms with Crippen molar-refractivity contribution in [1.29, 1.82) is 0 Å². The van der Waals surface area contributed by atoms with Crippen molar-refractivity contribution >= 4 is 5.97 Å². The van der Waals surface area contributed by atoms with Gasteiger partial charge in [0.05, 0.1) is 6.54 Å². The minimum Gasteiger partial charge on any atom is -0.459 e. The number of halogens is 1. The van der Waals surface area contributed by atoms with Crippen LogP contribution in [0.4, 0.5) is 4.39 Å². The summed E-state index contributed by atoms with van der Waals surface area (Å²) in [5.74, 6) is -0.656. The highest BCUT2D eigenvalue weighted by atomic mass is 19.1.